The van der Waals surface area contributed by atoms with E-state index < -0.39 is 34.8 Å². The number of thiophene rings is 1. The molecule has 2 N–H and O–H groups in total. The first-order valence-corrected chi connectivity index (χ1v) is 13.6. The fraction of sp³-hybridized carbons (Fsp3) is 0.360. The van der Waals surface area contributed by atoms with Gasteiger partial charge in [0.1, 0.15) is 15.7 Å². The van der Waals surface area contributed by atoms with Gasteiger partial charge in [0.2, 0.25) is 5.91 Å². The maximum atomic E-state index is 13.8. The maximum Gasteiger partial charge on any atom is 0.348 e. The molecule has 2 amide bonds. The summed E-state index contributed by atoms with van der Waals surface area (Å²) in [7, 11) is 1.67. The number of esters is 2. The number of amides is 2. The number of nitrogens with one attached hydrogen (secondary N) is 2. The number of hydrogen-bond acceptors (Lipinski definition) is 10. The molecule has 2 aromatic heterocycles. The Morgan fingerprint density at radius 2 is 1.77 bits per heavy atom. The van der Waals surface area contributed by atoms with Crippen molar-refractivity contribution >= 4 is 51.9 Å². The van der Waals surface area contributed by atoms with E-state index in [0.29, 0.717) is 16.5 Å². The summed E-state index contributed by atoms with van der Waals surface area (Å²) >= 11 is 2.04. The molecule has 39 heavy (non-hydrogen) atoms. The molecule has 0 saturated carbocycles. The van der Waals surface area contributed by atoms with Crippen LogP contribution in [-0.2, 0) is 27.9 Å². The zero-order valence-electron chi connectivity index (χ0n) is 22.0. The number of nitrogens with zero attached hydrogens (tertiary/aromatic N) is 3. The molecule has 2 heterocycles. The van der Waals surface area contributed by atoms with Crippen molar-refractivity contribution in [1.29, 1.82) is 0 Å². The Morgan fingerprint density at radius 1 is 1.10 bits per heavy atom. The molecule has 3 aromatic rings. The molecule has 11 nitrogen and oxygen atoms in total. The number of halogens is 1. The van der Waals surface area contributed by atoms with Gasteiger partial charge in [-0.3, -0.25) is 9.59 Å². The Morgan fingerprint density at radius 3 is 2.44 bits per heavy atom. The largest absolute Gasteiger partial charge is 0.462 e. The van der Waals surface area contributed by atoms with Crippen molar-refractivity contribution in [1.82, 2.24) is 20.1 Å². The van der Waals surface area contributed by atoms with Crippen molar-refractivity contribution < 1.29 is 33.0 Å². The summed E-state index contributed by atoms with van der Waals surface area (Å²) in [5.41, 5.74) is 0.376. The highest BCUT2D eigenvalue weighted by atomic mass is 32.2. The number of anilines is 1. The van der Waals surface area contributed by atoms with Crippen LogP contribution in [0.15, 0.2) is 29.4 Å². The zero-order chi connectivity index (χ0) is 28.7. The smallest absolute Gasteiger partial charge is 0.348 e. The fourth-order valence-corrected chi connectivity index (χ4v) is 5.29. The van der Waals surface area contributed by atoms with E-state index in [4.69, 9.17) is 9.47 Å². The number of carbonyl (C=O) groups is 4. The predicted molar refractivity (Wildman–Crippen MR) is 143 cm³/mol. The predicted octanol–water partition coefficient (Wildman–Crippen LogP) is 3.73. The summed E-state index contributed by atoms with van der Waals surface area (Å²) in [6.45, 7) is 6.84. The molecule has 0 spiro atoms. The van der Waals surface area contributed by atoms with Gasteiger partial charge in [0, 0.05) is 7.05 Å². The molecule has 208 valence electrons. The quantitative estimate of drug-likeness (QED) is 0.258. The number of rotatable bonds is 11. The molecule has 0 fully saturated rings. The van der Waals surface area contributed by atoms with E-state index in [1.165, 1.54) is 18.2 Å². The second-order valence-electron chi connectivity index (χ2n) is 8.07. The number of benzene rings is 1. The molecule has 1 aromatic carbocycles. The van der Waals surface area contributed by atoms with E-state index in [9.17, 15) is 23.6 Å². The van der Waals surface area contributed by atoms with Crippen LogP contribution in [0, 0.1) is 12.7 Å². The van der Waals surface area contributed by atoms with Gasteiger partial charge in [0.05, 0.1) is 36.1 Å². The number of hydrogen-bond donors (Lipinski definition) is 2. The van der Waals surface area contributed by atoms with Crippen LogP contribution < -0.4 is 10.6 Å². The van der Waals surface area contributed by atoms with Gasteiger partial charge in [0.15, 0.2) is 11.0 Å². The first kappa shape index (κ1) is 29.8. The highest BCUT2D eigenvalue weighted by Crippen LogP contribution is 2.35. The molecule has 0 bridgehead atoms. The van der Waals surface area contributed by atoms with Crippen molar-refractivity contribution in [3.8, 4) is 0 Å². The molecule has 0 radical (unpaired) electrons. The van der Waals surface area contributed by atoms with Gasteiger partial charge in [-0.05, 0) is 45.4 Å². The number of carbonyl (C=O) groups excluding carboxylic acids is 4. The third-order valence-corrected chi connectivity index (χ3v) is 7.75. The number of thioether (sulfide) groups is 1. The van der Waals surface area contributed by atoms with Gasteiger partial charge >= 0.3 is 11.9 Å². The van der Waals surface area contributed by atoms with Gasteiger partial charge in [0.25, 0.3) is 5.91 Å². The first-order chi connectivity index (χ1) is 18.6. The van der Waals surface area contributed by atoms with E-state index in [1.54, 1.807) is 45.4 Å². The van der Waals surface area contributed by atoms with Crippen molar-refractivity contribution in [3.63, 3.8) is 0 Å². The summed E-state index contributed by atoms with van der Waals surface area (Å²) in [5.74, 6) is -2.53. The number of aromatic nitrogens is 3. The minimum atomic E-state index is -0.683. The average Bonchev–Trinajstić information content (AvgIpc) is 3.41. The van der Waals surface area contributed by atoms with E-state index in [-0.39, 0.29) is 40.8 Å². The standard InChI is InChI=1S/C25H28FN5O6S2/c1-6-36-23(34)18-13(3)19(24(35)37-7-2)39-22(18)28-20(32)14(4)38-25-30-29-17(31(25)5)12-27-21(33)15-10-8-9-11-16(15)26/h8-11,14H,6-7,12H2,1-5H3,(H,27,33)(H,28,32)/t14-/m0/s1. The van der Waals surface area contributed by atoms with E-state index in [0.717, 1.165) is 23.1 Å². The van der Waals surface area contributed by atoms with E-state index >= 15 is 0 Å². The lowest BCUT2D eigenvalue weighted by atomic mass is 10.1. The molecule has 0 aliphatic carbocycles. The molecular weight excluding hydrogens is 549 g/mol. The monoisotopic (exact) mass is 577 g/mol. The Labute approximate surface area is 232 Å². The molecule has 0 aliphatic heterocycles. The third kappa shape index (κ3) is 7.00. The van der Waals surface area contributed by atoms with Crippen LogP contribution in [0.4, 0.5) is 9.39 Å². The zero-order valence-corrected chi connectivity index (χ0v) is 23.6. The van der Waals surface area contributed by atoms with Crippen molar-refractivity contribution in [2.45, 2.75) is 44.6 Å². The summed E-state index contributed by atoms with van der Waals surface area (Å²) in [4.78, 5) is 50.5. The average molecular weight is 578 g/mol. The Bertz CT molecular complexity index is 1390. The third-order valence-electron chi connectivity index (χ3n) is 5.43. The summed E-state index contributed by atoms with van der Waals surface area (Å²) in [6, 6.07) is 5.63. The SMILES string of the molecule is CCOC(=O)c1sc(NC(=O)[C@H](C)Sc2nnc(CNC(=O)c3ccccc3F)n2C)c(C(=O)OCC)c1C. The fourth-order valence-electron chi connectivity index (χ4n) is 3.37. The topological polar surface area (TPSA) is 142 Å². The van der Waals surface area contributed by atoms with Gasteiger partial charge in [-0.15, -0.1) is 21.5 Å². The lowest BCUT2D eigenvalue weighted by molar-refractivity contribution is -0.115. The molecular formula is C25H28FN5O6S2. The van der Waals surface area contributed by atoms with Crippen LogP contribution in [0.2, 0.25) is 0 Å². The maximum absolute atomic E-state index is 13.8. The summed E-state index contributed by atoms with van der Waals surface area (Å²) in [6.07, 6.45) is 0. The van der Waals surface area contributed by atoms with Gasteiger partial charge in [-0.1, -0.05) is 23.9 Å². The van der Waals surface area contributed by atoms with Crippen molar-refractivity contribution in [3.05, 3.63) is 57.5 Å². The summed E-state index contributed by atoms with van der Waals surface area (Å²) in [5, 5.41) is 13.3. The second-order valence-corrected chi connectivity index (χ2v) is 10.4. The van der Waals surface area contributed by atoms with Crippen LogP contribution in [0.3, 0.4) is 0 Å². The molecule has 14 heteroatoms. The lowest BCUT2D eigenvalue weighted by Gasteiger charge is -2.12. The Kier molecular flexibility index (Phi) is 10.2. The lowest BCUT2D eigenvalue weighted by Crippen LogP contribution is -2.25. The number of ether oxygens (including phenoxy) is 2. The molecule has 3 rings (SSSR count). The van der Waals surface area contributed by atoms with Crippen LogP contribution in [0.5, 0.6) is 0 Å². The minimum Gasteiger partial charge on any atom is -0.462 e. The second kappa shape index (κ2) is 13.3. The first-order valence-electron chi connectivity index (χ1n) is 11.9. The van der Waals surface area contributed by atoms with E-state index in [1.807, 2.05) is 0 Å². The van der Waals surface area contributed by atoms with Crippen LogP contribution >= 0.6 is 23.1 Å². The molecule has 0 saturated heterocycles. The molecule has 1 atom stereocenters. The summed E-state index contributed by atoms with van der Waals surface area (Å²) < 4.78 is 25.6. The van der Waals surface area contributed by atoms with Gasteiger partial charge in [-0.2, -0.15) is 0 Å². The minimum absolute atomic E-state index is 0.00812. The Hall–Kier alpha value is -3.78. The van der Waals surface area contributed by atoms with E-state index in [2.05, 4.69) is 20.8 Å². The van der Waals surface area contributed by atoms with Crippen LogP contribution in [0.25, 0.3) is 0 Å². The molecule has 0 unspecified atom stereocenters. The van der Waals surface area contributed by atoms with Gasteiger partial charge < -0.3 is 24.7 Å². The van der Waals surface area contributed by atoms with Crippen molar-refractivity contribution in [2.24, 2.45) is 7.05 Å². The normalized spacial score (nSPS) is 11.5. The van der Waals surface area contributed by atoms with Crippen LogP contribution in [0.1, 0.15) is 62.5 Å². The highest BCUT2D eigenvalue weighted by molar-refractivity contribution is 8.00. The van der Waals surface area contributed by atoms with Gasteiger partial charge in [-0.25, -0.2) is 14.0 Å². The highest BCUT2D eigenvalue weighted by Gasteiger charge is 2.29. The van der Waals surface area contributed by atoms with Crippen LogP contribution in [-0.4, -0.2) is 57.0 Å². The van der Waals surface area contributed by atoms with Crippen molar-refractivity contribution in [2.75, 3.05) is 18.5 Å². The Balaban J connectivity index is 1.70. The molecule has 0 aliphatic rings.